The van der Waals surface area contributed by atoms with E-state index in [4.69, 9.17) is 0 Å². The molecule has 4 heterocycles. The molecule has 0 N–H and O–H groups in total. The van der Waals surface area contributed by atoms with E-state index >= 15 is 0 Å². The molecule has 0 radical (unpaired) electrons. The summed E-state index contributed by atoms with van der Waals surface area (Å²) in [7, 11) is 0. The minimum absolute atomic E-state index is 0.271. The van der Waals surface area contributed by atoms with Gasteiger partial charge in [-0.05, 0) is 49.9 Å². The van der Waals surface area contributed by atoms with Gasteiger partial charge in [0.2, 0.25) is 5.95 Å². The summed E-state index contributed by atoms with van der Waals surface area (Å²) >= 11 is 0. The minimum Gasteiger partial charge on any atom is -0.339 e. The van der Waals surface area contributed by atoms with Gasteiger partial charge in [0.05, 0.1) is 0 Å². The van der Waals surface area contributed by atoms with Crippen molar-refractivity contribution < 1.29 is 0 Å². The lowest BCUT2D eigenvalue weighted by atomic mass is 9.86. The van der Waals surface area contributed by atoms with E-state index in [1.807, 2.05) is 36.9 Å². The molecule has 0 saturated carbocycles. The second kappa shape index (κ2) is 6.24. The highest BCUT2D eigenvalue weighted by molar-refractivity contribution is 5.31. The summed E-state index contributed by atoms with van der Waals surface area (Å²) in [5, 5.41) is 0. The van der Waals surface area contributed by atoms with Crippen LogP contribution in [0.2, 0.25) is 0 Å². The molecular formula is C18H23N5. The zero-order chi connectivity index (χ0) is 15.5. The van der Waals surface area contributed by atoms with Crippen LogP contribution in [0.3, 0.4) is 0 Å². The normalized spacial score (nSPS) is 25.1. The predicted octanol–water partition coefficient (Wildman–Crippen LogP) is 2.51. The van der Waals surface area contributed by atoms with E-state index in [9.17, 15) is 0 Å². The number of pyridine rings is 1. The molecule has 5 nitrogen and oxygen atoms in total. The van der Waals surface area contributed by atoms with E-state index in [1.54, 1.807) is 0 Å². The van der Waals surface area contributed by atoms with Crippen molar-refractivity contribution in [3.63, 3.8) is 0 Å². The summed E-state index contributed by atoms with van der Waals surface area (Å²) < 4.78 is 0. The van der Waals surface area contributed by atoms with Gasteiger partial charge in [-0.25, -0.2) is 9.97 Å². The van der Waals surface area contributed by atoms with E-state index in [2.05, 4.69) is 30.8 Å². The fraction of sp³-hybridized carbons (Fsp3) is 0.500. The van der Waals surface area contributed by atoms with Gasteiger partial charge in [0.15, 0.2) is 0 Å². The van der Waals surface area contributed by atoms with E-state index in [-0.39, 0.29) is 5.54 Å². The molecule has 5 heteroatoms. The van der Waals surface area contributed by atoms with Crippen LogP contribution < -0.4 is 4.90 Å². The fourth-order valence-electron chi connectivity index (χ4n) is 4.15. The van der Waals surface area contributed by atoms with Crippen molar-refractivity contribution in [3.05, 3.63) is 48.5 Å². The van der Waals surface area contributed by atoms with E-state index < -0.39 is 0 Å². The molecule has 2 fully saturated rings. The Bertz CT molecular complexity index is 632. The molecule has 2 saturated heterocycles. The molecule has 0 aliphatic carbocycles. The molecule has 23 heavy (non-hydrogen) atoms. The number of hydrogen-bond acceptors (Lipinski definition) is 5. The number of anilines is 1. The van der Waals surface area contributed by atoms with Gasteiger partial charge in [-0.3, -0.25) is 9.88 Å². The molecule has 2 aromatic heterocycles. The van der Waals surface area contributed by atoms with E-state index in [1.165, 1.54) is 37.8 Å². The number of piperidine rings is 1. The second-order valence-electron chi connectivity index (χ2n) is 6.68. The third kappa shape index (κ3) is 2.93. The highest BCUT2D eigenvalue weighted by Crippen LogP contribution is 2.38. The van der Waals surface area contributed by atoms with Crippen LogP contribution in [0.4, 0.5) is 5.95 Å². The van der Waals surface area contributed by atoms with Gasteiger partial charge in [-0.2, -0.15) is 0 Å². The molecule has 2 aromatic rings. The van der Waals surface area contributed by atoms with Crippen molar-refractivity contribution in [2.45, 2.75) is 37.8 Å². The summed E-state index contributed by atoms with van der Waals surface area (Å²) in [6.07, 6.45) is 12.6. The predicted molar refractivity (Wildman–Crippen MR) is 90.1 cm³/mol. The highest BCUT2D eigenvalue weighted by Gasteiger charge is 2.44. The number of rotatable bonds is 3. The topological polar surface area (TPSA) is 45.2 Å². The van der Waals surface area contributed by atoms with E-state index in [0.29, 0.717) is 0 Å². The van der Waals surface area contributed by atoms with Crippen molar-refractivity contribution >= 4 is 5.95 Å². The summed E-state index contributed by atoms with van der Waals surface area (Å²) in [6, 6.07) is 6.09. The fourth-order valence-corrected chi connectivity index (χ4v) is 4.15. The van der Waals surface area contributed by atoms with Crippen LogP contribution in [0.25, 0.3) is 0 Å². The van der Waals surface area contributed by atoms with Crippen LogP contribution in [0.15, 0.2) is 43.0 Å². The number of aromatic nitrogens is 3. The maximum Gasteiger partial charge on any atom is 0.225 e. The zero-order valence-corrected chi connectivity index (χ0v) is 13.4. The van der Waals surface area contributed by atoms with Crippen LogP contribution in [0.5, 0.6) is 0 Å². The van der Waals surface area contributed by atoms with Crippen molar-refractivity contribution in [3.8, 4) is 0 Å². The van der Waals surface area contributed by atoms with Gasteiger partial charge >= 0.3 is 0 Å². The SMILES string of the molecule is c1cnc(N2CCC[C@]3(CCCN3Cc3cccnc3)C2)nc1. The van der Waals surface area contributed by atoms with Gasteiger partial charge < -0.3 is 4.90 Å². The van der Waals surface area contributed by atoms with Crippen LogP contribution in [0, 0.1) is 0 Å². The zero-order valence-electron chi connectivity index (χ0n) is 13.4. The van der Waals surface area contributed by atoms with Crippen molar-refractivity contribution in [1.82, 2.24) is 19.9 Å². The summed E-state index contributed by atoms with van der Waals surface area (Å²) in [4.78, 5) is 18.2. The number of hydrogen-bond donors (Lipinski definition) is 0. The highest BCUT2D eigenvalue weighted by atomic mass is 15.3. The maximum absolute atomic E-state index is 4.45. The monoisotopic (exact) mass is 309 g/mol. The van der Waals surface area contributed by atoms with Gasteiger partial charge in [0, 0.05) is 50.0 Å². The molecule has 0 bridgehead atoms. The Labute approximate surface area is 137 Å². The van der Waals surface area contributed by atoms with Crippen LogP contribution in [0.1, 0.15) is 31.2 Å². The first-order valence-corrected chi connectivity index (χ1v) is 8.52. The van der Waals surface area contributed by atoms with Gasteiger partial charge in [-0.1, -0.05) is 6.07 Å². The van der Waals surface area contributed by atoms with Crippen LogP contribution in [-0.4, -0.2) is 45.0 Å². The van der Waals surface area contributed by atoms with Gasteiger partial charge in [-0.15, -0.1) is 0 Å². The van der Waals surface area contributed by atoms with Gasteiger partial charge in [0.1, 0.15) is 0 Å². The molecule has 1 atom stereocenters. The molecule has 4 rings (SSSR count). The molecule has 0 aromatic carbocycles. The molecule has 0 unspecified atom stereocenters. The van der Waals surface area contributed by atoms with Crippen molar-refractivity contribution in [2.24, 2.45) is 0 Å². The standard InChI is InChI=1S/C18H23N5/c1-5-16(13-19-8-1)14-23-12-3-7-18(23)6-2-11-22(15-18)17-20-9-4-10-21-17/h1,4-5,8-10,13H,2-3,6-7,11-12,14-15H2/t18-/m0/s1. The first kappa shape index (κ1) is 14.6. The Morgan fingerprint density at radius 2 is 1.83 bits per heavy atom. The maximum atomic E-state index is 4.45. The smallest absolute Gasteiger partial charge is 0.225 e. The first-order valence-electron chi connectivity index (χ1n) is 8.52. The average molecular weight is 309 g/mol. The lowest BCUT2D eigenvalue weighted by Gasteiger charge is -2.46. The quantitative estimate of drug-likeness (QED) is 0.872. The minimum atomic E-state index is 0.271. The van der Waals surface area contributed by atoms with Crippen molar-refractivity contribution in [2.75, 3.05) is 24.5 Å². The Morgan fingerprint density at radius 3 is 2.61 bits per heavy atom. The number of likely N-dealkylation sites (tertiary alicyclic amines) is 1. The lowest BCUT2D eigenvalue weighted by Crippen LogP contribution is -2.55. The summed E-state index contributed by atoms with van der Waals surface area (Å²) in [5.41, 5.74) is 1.58. The average Bonchev–Trinajstić information content (AvgIpc) is 2.98. The molecule has 1 spiro atoms. The molecule has 0 amide bonds. The lowest BCUT2D eigenvalue weighted by molar-refractivity contribution is 0.108. The summed E-state index contributed by atoms with van der Waals surface area (Å²) in [6.45, 7) is 4.28. The van der Waals surface area contributed by atoms with Gasteiger partial charge in [0.25, 0.3) is 0 Å². The Kier molecular flexibility index (Phi) is 3.95. The van der Waals surface area contributed by atoms with Crippen LogP contribution >= 0.6 is 0 Å². The number of nitrogens with zero attached hydrogens (tertiary/aromatic N) is 5. The van der Waals surface area contributed by atoms with Crippen molar-refractivity contribution in [1.29, 1.82) is 0 Å². The Balaban J connectivity index is 1.54. The first-order chi connectivity index (χ1) is 11.4. The van der Waals surface area contributed by atoms with Crippen LogP contribution in [-0.2, 0) is 6.54 Å². The Hall–Kier alpha value is -2.01. The molecular weight excluding hydrogens is 286 g/mol. The largest absolute Gasteiger partial charge is 0.339 e. The third-order valence-electron chi connectivity index (χ3n) is 5.23. The molecule has 2 aliphatic rings. The second-order valence-corrected chi connectivity index (χ2v) is 6.68. The summed E-state index contributed by atoms with van der Waals surface area (Å²) in [5.74, 6) is 0.875. The van der Waals surface area contributed by atoms with E-state index in [0.717, 1.165) is 25.6 Å². The Morgan fingerprint density at radius 1 is 1.00 bits per heavy atom. The molecule has 2 aliphatic heterocycles. The third-order valence-corrected chi connectivity index (χ3v) is 5.23. The molecule has 120 valence electrons.